The van der Waals surface area contributed by atoms with Crippen molar-refractivity contribution in [2.45, 2.75) is 82.2 Å². The molecule has 2 saturated heterocycles. The lowest BCUT2D eigenvalue weighted by atomic mass is 9.92. The Morgan fingerprint density at radius 3 is 2.62 bits per heavy atom. The summed E-state index contributed by atoms with van der Waals surface area (Å²) >= 11 is 0. The van der Waals surface area contributed by atoms with Crippen LogP contribution in [0.2, 0.25) is 0 Å². The van der Waals surface area contributed by atoms with Crippen LogP contribution in [0.25, 0.3) is 0 Å². The molecule has 1 aromatic heterocycles. The Balaban J connectivity index is 1.76. The van der Waals surface area contributed by atoms with Crippen molar-refractivity contribution in [3.63, 3.8) is 0 Å². The average Bonchev–Trinajstić information content (AvgIpc) is 3.13. The summed E-state index contributed by atoms with van der Waals surface area (Å²) in [7, 11) is 0. The zero-order valence-corrected chi connectivity index (χ0v) is 15.2. The van der Waals surface area contributed by atoms with Gasteiger partial charge in [-0.3, -0.25) is 14.3 Å². The molecule has 1 aliphatic carbocycles. The molecule has 4 rings (SSSR count). The number of H-pyrrole nitrogens is 1. The van der Waals surface area contributed by atoms with Gasteiger partial charge in [-0.15, -0.1) is 0 Å². The van der Waals surface area contributed by atoms with Crippen LogP contribution in [0.5, 0.6) is 0 Å². The summed E-state index contributed by atoms with van der Waals surface area (Å²) in [5.74, 6) is -0.661. The van der Waals surface area contributed by atoms with E-state index in [0.29, 0.717) is 12.0 Å². The molecule has 3 aliphatic rings. The molecule has 2 aliphatic heterocycles. The van der Waals surface area contributed by atoms with Gasteiger partial charge in [-0.2, -0.15) is 0 Å². The second-order valence-corrected chi connectivity index (χ2v) is 7.66. The molecule has 0 bridgehead atoms. The third kappa shape index (κ3) is 2.58. The minimum Gasteiger partial charge on any atom is -0.393 e. The van der Waals surface area contributed by atoms with Crippen molar-refractivity contribution in [2.75, 3.05) is 6.61 Å². The molecule has 1 aromatic rings. The Bertz CT molecular complexity index is 790. The lowest BCUT2D eigenvalue weighted by molar-refractivity contribution is -0.253. The zero-order valence-electron chi connectivity index (χ0n) is 15.2. The van der Waals surface area contributed by atoms with Gasteiger partial charge in [-0.1, -0.05) is 13.3 Å². The number of aromatic nitrogens is 2. The van der Waals surface area contributed by atoms with E-state index in [4.69, 9.17) is 14.2 Å². The molecule has 0 amide bonds. The van der Waals surface area contributed by atoms with Crippen LogP contribution in [0.4, 0.5) is 0 Å². The number of hydrogen-bond acceptors (Lipinski definition) is 6. The van der Waals surface area contributed by atoms with E-state index in [9.17, 15) is 14.7 Å². The lowest BCUT2D eigenvalue weighted by Gasteiger charge is -2.37. The van der Waals surface area contributed by atoms with Crippen LogP contribution < -0.4 is 11.2 Å². The largest absolute Gasteiger partial charge is 0.393 e. The number of rotatable bonds is 3. The molecule has 8 nitrogen and oxygen atoms in total. The summed E-state index contributed by atoms with van der Waals surface area (Å²) in [6.45, 7) is 3.33. The van der Waals surface area contributed by atoms with Crippen molar-refractivity contribution in [3.05, 3.63) is 32.6 Å². The molecule has 2 N–H and O–H groups in total. The van der Waals surface area contributed by atoms with Gasteiger partial charge < -0.3 is 19.3 Å². The smallest absolute Gasteiger partial charge is 0.330 e. The van der Waals surface area contributed by atoms with Crippen LogP contribution in [0, 0.1) is 6.92 Å². The average molecular weight is 366 g/mol. The van der Waals surface area contributed by atoms with E-state index in [0.717, 1.165) is 32.1 Å². The number of ether oxygens (including phenoxy) is 3. The van der Waals surface area contributed by atoms with Gasteiger partial charge >= 0.3 is 5.69 Å². The van der Waals surface area contributed by atoms with E-state index in [1.165, 1.54) is 10.8 Å². The first-order valence-corrected chi connectivity index (χ1v) is 9.40. The minimum atomic E-state index is -0.931. The van der Waals surface area contributed by atoms with Gasteiger partial charge in [0.25, 0.3) is 5.56 Å². The molecule has 3 fully saturated rings. The maximum absolute atomic E-state index is 12.4. The summed E-state index contributed by atoms with van der Waals surface area (Å²) in [5.41, 5.74) is -1.49. The first kappa shape index (κ1) is 17.9. The molecule has 1 unspecified atom stereocenters. The first-order chi connectivity index (χ1) is 12.4. The van der Waals surface area contributed by atoms with E-state index in [1.807, 2.05) is 6.92 Å². The van der Waals surface area contributed by atoms with E-state index >= 15 is 0 Å². The summed E-state index contributed by atoms with van der Waals surface area (Å²) in [4.78, 5) is 26.4. The van der Waals surface area contributed by atoms with Crippen LogP contribution in [0.1, 0.15) is 57.2 Å². The van der Waals surface area contributed by atoms with E-state index in [1.54, 1.807) is 6.92 Å². The van der Waals surface area contributed by atoms with Crippen LogP contribution in [0.3, 0.4) is 0 Å². The van der Waals surface area contributed by atoms with Crippen LogP contribution >= 0.6 is 0 Å². The molecule has 1 saturated carbocycles. The summed E-state index contributed by atoms with van der Waals surface area (Å²) < 4.78 is 20.2. The molecule has 4 atom stereocenters. The predicted octanol–water partition coefficient (Wildman–Crippen LogP) is 0.959. The first-order valence-electron chi connectivity index (χ1n) is 9.40. The quantitative estimate of drug-likeness (QED) is 0.826. The molecule has 1 spiro atoms. The number of nitrogens with one attached hydrogen (secondary N) is 1. The number of aromatic amines is 1. The maximum Gasteiger partial charge on any atom is 0.330 e. The van der Waals surface area contributed by atoms with E-state index in [2.05, 4.69) is 4.98 Å². The monoisotopic (exact) mass is 366 g/mol. The SMILES string of the molecule is CC[C@@]1(CO)O[C@@H](n2cc(C)c(=O)[nH]c2=O)C2OC3(CCCCC3)O[C@H]21. The highest BCUT2D eigenvalue weighted by Crippen LogP contribution is 2.52. The highest BCUT2D eigenvalue weighted by Gasteiger charge is 2.64. The fourth-order valence-corrected chi connectivity index (χ4v) is 4.47. The van der Waals surface area contributed by atoms with E-state index < -0.39 is 41.1 Å². The second kappa shape index (κ2) is 6.30. The van der Waals surface area contributed by atoms with Gasteiger partial charge in [0.1, 0.15) is 17.8 Å². The Kier molecular flexibility index (Phi) is 4.34. The fraction of sp³-hybridized carbons (Fsp3) is 0.778. The summed E-state index contributed by atoms with van der Waals surface area (Å²) in [6.07, 6.45) is 5.11. The van der Waals surface area contributed by atoms with Gasteiger partial charge in [0.2, 0.25) is 0 Å². The number of aliphatic hydroxyl groups is 1. The van der Waals surface area contributed by atoms with Gasteiger partial charge in [0, 0.05) is 24.6 Å². The van der Waals surface area contributed by atoms with Crippen molar-refractivity contribution in [3.8, 4) is 0 Å². The highest BCUT2D eigenvalue weighted by molar-refractivity contribution is 5.09. The van der Waals surface area contributed by atoms with Crippen LogP contribution in [-0.4, -0.2) is 44.9 Å². The minimum absolute atomic E-state index is 0.225. The van der Waals surface area contributed by atoms with Crippen molar-refractivity contribution in [2.24, 2.45) is 0 Å². The Morgan fingerprint density at radius 2 is 1.96 bits per heavy atom. The molecule has 0 aromatic carbocycles. The Labute approximate surface area is 151 Å². The molecular weight excluding hydrogens is 340 g/mol. The Hall–Kier alpha value is -1.48. The van der Waals surface area contributed by atoms with Gasteiger partial charge in [-0.05, 0) is 26.2 Å². The Morgan fingerprint density at radius 1 is 1.23 bits per heavy atom. The van der Waals surface area contributed by atoms with Gasteiger partial charge in [0.05, 0.1) is 6.61 Å². The standard InChI is InChI=1S/C18H26N2O6/c1-3-17(10-21)13-12(24-18(25-13)7-5-4-6-8-18)15(26-17)20-9-11(2)14(22)19-16(20)23/h9,12-13,15,21H,3-8,10H2,1-2H3,(H,19,22,23)/t12?,13-,15-,17+/m1/s1. The van der Waals surface area contributed by atoms with Gasteiger partial charge in [-0.25, -0.2) is 4.79 Å². The normalized spacial score (nSPS) is 35.7. The number of aliphatic hydroxyl groups excluding tert-OH is 1. The van der Waals surface area contributed by atoms with Crippen molar-refractivity contribution < 1.29 is 19.3 Å². The van der Waals surface area contributed by atoms with Crippen molar-refractivity contribution in [1.29, 1.82) is 0 Å². The molecule has 0 radical (unpaired) electrons. The number of aryl methyl sites for hydroxylation is 1. The second-order valence-electron chi connectivity index (χ2n) is 7.66. The molecular formula is C18H26N2O6. The molecule has 144 valence electrons. The summed E-state index contributed by atoms with van der Waals surface area (Å²) in [6, 6.07) is 0. The topological polar surface area (TPSA) is 103 Å². The lowest BCUT2D eigenvalue weighted by Crippen LogP contribution is -2.47. The van der Waals surface area contributed by atoms with Crippen molar-refractivity contribution >= 4 is 0 Å². The molecule has 8 heteroatoms. The summed E-state index contributed by atoms with van der Waals surface area (Å²) in [5, 5.41) is 10.1. The third-order valence-corrected chi connectivity index (χ3v) is 6.05. The third-order valence-electron chi connectivity index (χ3n) is 6.05. The van der Waals surface area contributed by atoms with Crippen molar-refractivity contribution in [1.82, 2.24) is 9.55 Å². The number of nitrogens with zero attached hydrogens (tertiary/aromatic N) is 1. The zero-order chi connectivity index (χ0) is 18.5. The molecule has 26 heavy (non-hydrogen) atoms. The van der Waals surface area contributed by atoms with Crippen LogP contribution in [0.15, 0.2) is 15.8 Å². The molecule has 3 heterocycles. The predicted molar refractivity (Wildman–Crippen MR) is 91.9 cm³/mol. The number of hydrogen-bond donors (Lipinski definition) is 2. The van der Waals surface area contributed by atoms with Gasteiger partial charge in [0.15, 0.2) is 12.0 Å². The number of fused-ring (bicyclic) bond motifs is 1. The highest BCUT2D eigenvalue weighted by atomic mass is 16.8. The van der Waals surface area contributed by atoms with Crippen LogP contribution in [-0.2, 0) is 14.2 Å². The fourth-order valence-electron chi connectivity index (χ4n) is 4.47. The van der Waals surface area contributed by atoms with E-state index in [-0.39, 0.29) is 6.61 Å². The maximum atomic E-state index is 12.4.